The maximum atomic E-state index is 12.7. The Morgan fingerprint density at radius 1 is 1.43 bits per heavy atom. The molecule has 0 spiro atoms. The van der Waals surface area contributed by atoms with E-state index >= 15 is 0 Å². The summed E-state index contributed by atoms with van der Waals surface area (Å²) >= 11 is 2.73. The molecule has 0 bridgehead atoms. The van der Waals surface area contributed by atoms with E-state index in [0.717, 1.165) is 29.4 Å². The summed E-state index contributed by atoms with van der Waals surface area (Å²) in [5.74, 6) is 0.112. The van der Waals surface area contributed by atoms with Gasteiger partial charge in [0.2, 0.25) is 11.0 Å². The summed E-state index contributed by atoms with van der Waals surface area (Å²) < 4.78 is 0.735. The number of fused-ring (bicyclic) bond motifs is 1. The maximum absolute atomic E-state index is 12.7. The molecule has 1 aromatic carbocycles. The summed E-state index contributed by atoms with van der Waals surface area (Å²) in [6.45, 7) is 2.68. The predicted molar refractivity (Wildman–Crippen MR) is 86.8 cm³/mol. The van der Waals surface area contributed by atoms with Gasteiger partial charge in [-0.2, -0.15) is 0 Å². The summed E-state index contributed by atoms with van der Waals surface area (Å²) in [5.41, 5.74) is 7.86. The van der Waals surface area contributed by atoms with E-state index in [4.69, 9.17) is 5.73 Å². The summed E-state index contributed by atoms with van der Waals surface area (Å²) in [4.78, 5) is 14.6. The molecule has 0 radical (unpaired) electrons. The lowest BCUT2D eigenvalue weighted by molar-refractivity contribution is -0.117. The van der Waals surface area contributed by atoms with Gasteiger partial charge in [0.05, 0.1) is 5.25 Å². The van der Waals surface area contributed by atoms with Crippen LogP contribution in [0.1, 0.15) is 18.9 Å². The normalized spacial score (nSPS) is 15.6. The van der Waals surface area contributed by atoms with E-state index in [1.54, 1.807) is 0 Å². The van der Waals surface area contributed by atoms with Crippen molar-refractivity contribution in [2.75, 3.05) is 17.2 Å². The van der Waals surface area contributed by atoms with E-state index in [0.29, 0.717) is 5.13 Å². The molecule has 5 nitrogen and oxygen atoms in total. The highest BCUT2D eigenvalue weighted by molar-refractivity contribution is 8.02. The third kappa shape index (κ3) is 3.03. The van der Waals surface area contributed by atoms with E-state index in [2.05, 4.69) is 16.3 Å². The van der Waals surface area contributed by atoms with Gasteiger partial charge in [0.25, 0.3) is 0 Å². The second-order valence-corrected chi connectivity index (χ2v) is 7.49. The molecule has 1 aromatic heterocycles. The fourth-order valence-corrected chi connectivity index (χ4v) is 4.29. The number of thioether (sulfide) groups is 1. The van der Waals surface area contributed by atoms with Crippen LogP contribution in [-0.2, 0) is 11.2 Å². The molecular weight excluding hydrogens is 304 g/mol. The van der Waals surface area contributed by atoms with Gasteiger partial charge in [0.1, 0.15) is 0 Å². The molecule has 0 aliphatic carbocycles. The molecule has 0 unspecified atom stereocenters. The van der Waals surface area contributed by atoms with Crippen molar-refractivity contribution in [3.63, 3.8) is 0 Å². The minimum atomic E-state index is -0.205. The molecule has 21 heavy (non-hydrogen) atoms. The first-order valence-electron chi connectivity index (χ1n) is 6.80. The summed E-state index contributed by atoms with van der Waals surface area (Å²) in [7, 11) is 0. The molecule has 2 aromatic rings. The van der Waals surface area contributed by atoms with Gasteiger partial charge in [-0.15, -0.1) is 10.2 Å². The summed E-state index contributed by atoms with van der Waals surface area (Å²) in [6, 6.07) is 8.12. The number of aryl methyl sites for hydroxylation is 1. The van der Waals surface area contributed by atoms with E-state index in [1.807, 2.05) is 30.0 Å². The minimum absolute atomic E-state index is 0.112. The van der Waals surface area contributed by atoms with Gasteiger partial charge < -0.3 is 10.6 Å². The van der Waals surface area contributed by atoms with Gasteiger partial charge in [0.15, 0.2) is 4.34 Å². The highest BCUT2D eigenvalue weighted by Gasteiger charge is 2.27. The third-order valence-electron chi connectivity index (χ3n) is 3.42. The molecule has 0 saturated carbocycles. The van der Waals surface area contributed by atoms with Gasteiger partial charge in [-0.05, 0) is 31.4 Å². The maximum Gasteiger partial charge on any atom is 0.240 e. The molecule has 2 heterocycles. The van der Waals surface area contributed by atoms with E-state index in [1.165, 1.54) is 28.7 Å². The smallest absolute Gasteiger partial charge is 0.240 e. The van der Waals surface area contributed by atoms with E-state index < -0.39 is 0 Å². The number of benzene rings is 1. The lowest BCUT2D eigenvalue weighted by Crippen LogP contribution is -2.40. The molecule has 1 atom stereocenters. The molecular formula is C14H16N4OS2. The molecule has 110 valence electrons. The third-order valence-corrected chi connectivity index (χ3v) is 5.35. The number of nitrogens with two attached hydrogens (primary N) is 1. The van der Waals surface area contributed by atoms with E-state index in [-0.39, 0.29) is 11.2 Å². The number of nitrogens with zero attached hydrogens (tertiary/aromatic N) is 3. The zero-order valence-electron chi connectivity index (χ0n) is 11.7. The Balaban J connectivity index is 1.76. The average Bonchev–Trinajstić information content (AvgIpc) is 2.91. The van der Waals surface area contributed by atoms with Crippen LogP contribution < -0.4 is 10.6 Å². The molecule has 1 aliphatic heterocycles. The molecule has 3 rings (SSSR count). The fraction of sp³-hybridized carbons (Fsp3) is 0.357. The van der Waals surface area contributed by atoms with Crippen molar-refractivity contribution in [2.24, 2.45) is 0 Å². The monoisotopic (exact) mass is 320 g/mol. The van der Waals surface area contributed by atoms with Crippen LogP contribution in [0.15, 0.2) is 28.6 Å². The van der Waals surface area contributed by atoms with Crippen LogP contribution in [-0.4, -0.2) is 27.9 Å². The number of hydrogen-bond acceptors (Lipinski definition) is 6. The van der Waals surface area contributed by atoms with Crippen molar-refractivity contribution >= 4 is 39.8 Å². The number of nitrogen functional groups attached to an aromatic ring is 1. The highest BCUT2D eigenvalue weighted by atomic mass is 32.2. The topological polar surface area (TPSA) is 72.1 Å². The number of amides is 1. The van der Waals surface area contributed by atoms with Crippen molar-refractivity contribution < 1.29 is 4.79 Å². The minimum Gasteiger partial charge on any atom is -0.374 e. The molecule has 1 aliphatic rings. The Hall–Kier alpha value is -1.60. The number of carbonyl (C=O) groups is 1. The van der Waals surface area contributed by atoms with Gasteiger partial charge >= 0.3 is 0 Å². The van der Waals surface area contributed by atoms with Crippen LogP contribution >= 0.6 is 23.1 Å². The second-order valence-electron chi connectivity index (χ2n) is 4.89. The number of anilines is 2. The van der Waals surface area contributed by atoms with Gasteiger partial charge in [-0.3, -0.25) is 4.79 Å². The first-order valence-corrected chi connectivity index (χ1v) is 8.49. The molecule has 2 N–H and O–H groups in total. The Kier molecular flexibility index (Phi) is 4.12. The number of rotatable bonds is 3. The summed E-state index contributed by atoms with van der Waals surface area (Å²) in [5, 5.41) is 7.97. The second kappa shape index (κ2) is 6.03. The number of aromatic nitrogens is 2. The van der Waals surface area contributed by atoms with Crippen LogP contribution in [0.2, 0.25) is 0 Å². The van der Waals surface area contributed by atoms with Gasteiger partial charge in [-0.1, -0.05) is 41.3 Å². The molecule has 1 amide bonds. The van der Waals surface area contributed by atoms with Crippen LogP contribution in [0.3, 0.4) is 0 Å². The Morgan fingerprint density at radius 2 is 2.24 bits per heavy atom. The SMILES string of the molecule is C[C@H](Sc1nnc(N)s1)C(=O)N1CCCc2ccccc21. The highest BCUT2D eigenvalue weighted by Crippen LogP contribution is 2.32. The zero-order chi connectivity index (χ0) is 14.8. The van der Waals surface area contributed by atoms with Crippen LogP contribution in [0.5, 0.6) is 0 Å². The fourth-order valence-electron chi connectivity index (χ4n) is 2.45. The van der Waals surface area contributed by atoms with Crippen molar-refractivity contribution in [3.05, 3.63) is 29.8 Å². The predicted octanol–water partition coefficient (Wildman–Crippen LogP) is 2.58. The molecule has 7 heteroatoms. The quantitative estimate of drug-likeness (QED) is 0.880. The van der Waals surface area contributed by atoms with E-state index in [9.17, 15) is 4.79 Å². The molecule has 0 saturated heterocycles. The number of hydrogen-bond donors (Lipinski definition) is 1. The van der Waals surface area contributed by atoms with Crippen molar-refractivity contribution in [1.82, 2.24) is 10.2 Å². The van der Waals surface area contributed by atoms with Crippen LogP contribution in [0.4, 0.5) is 10.8 Å². The Morgan fingerprint density at radius 3 is 3.00 bits per heavy atom. The number of para-hydroxylation sites is 1. The Bertz CT molecular complexity index is 658. The van der Waals surface area contributed by atoms with Crippen molar-refractivity contribution in [1.29, 1.82) is 0 Å². The Labute approximate surface area is 131 Å². The zero-order valence-corrected chi connectivity index (χ0v) is 13.3. The largest absolute Gasteiger partial charge is 0.374 e. The van der Waals surface area contributed by atoms with Crippen LogP contribution in [0.25, 0.3) is 0 Å². The lowest BCUT2D eigenvalue weighted by Gasteiger charge is -2.31. The lowest BCUT2D eigenvalue weighted by atomic mass is 10.0. The van der Waals surface area contributed by atoms with Crippen molar-refractivity contribution in [3.8, 4) is 0 Å². The number of carbonyl (C=O) groups excluding carboxylic acids is 1. The van der Waals surface area contributed by atoms with Crippen LogP contribution in [0, 0.1) is 0 Å². The molecule has 0 fully saturated rings. The van der Waals surface area contributed by atoms with Gasteiger partial charge in [0, 0.05) is 12.2 Å². The summed E-state index contributed by atoms with van der Waals surface area (Å²) in [6.07, 6.45) is 2.04. The average molecular weight is 320 g/mol. The standard InChI is InChI=1S/C14H16N4OS2/c1-9(20-14-17-16-13(15)21-14)12(19)18-8-4-6-10-5-2-3-7-11(10)18/h2-3,5,7,9H,4,6,8H2,1H3,(H2,15,16)/t9-/m0/s1. The first-order chi connectivity index (χ1) is 10.1. The van der Waals surface area contributed by atoms with Gasteiger partial charge in [-0.25, -0.2) is 0 Å². The van der Waals surface area contributed by atoms with Crippen molar-refractivity contribution in [2.45, 2.75) is 29.4 Å². The first kappa shape index (κ1) is 14.3.